The maximum atomic E-state index is 12.4. The van der Waals surface area contributed by atoms with Gasteiger partial charge in [0.2, 0.25) is 5.76 Å². The largest absolute Gasteiger partial charge is 0.435 e. The van der Waals surface area contributed by atoms with Gasteiger partial charge >= 0.3 is 5.91 Å². The highest BCUT2D eigenvalue weighted by atomic mass is 32.2. The molecule has 0 spiro atoms. The van der Waals surface area contributed by atoms with E-state index in [2.05, 4.69) is 20.4 Å². The second-order valence-electron chi connectivity index (χ2n) is 5.65. The SMILES string of the molecule is Cc1nc(C2CC2)oc1C(=O)NS(=O)(=O)c1ccc2n[nH]nc2c1. The number of aryl methyl sites for hydroxylation is 1. The first-order valence-corrected chi connectivity index (χ1v) is 8.77. The van der Waals surface area contributed by atoms with Crippen LogP contribution in [0.4, 0.5) is 0 Å². The highest BCUT2D eigenvalue weighted by Crippen LogP contribution is 2.40. The Morgan fingerprint density at radius 2 is 2.04 bits per heavy atom. The predicted octanol–water partition coefficient (Wildman–Crippen LogP) is 1.25. The molecule has 0 bridgehead atoms. The minimum Gasteiger partial charge on any atom is -0.435 e. The monoisotopic (exact) mass is 347 g/mol. The number of rotatable bonds is 4. The summed E-state index contributed by atoms with van der Waals surface area (Å²) in [6.45, 7) is 1.61. The first-order valence-electron chi connectivity index (χ1n) is 7.29. The van der Waals surface area contributed by atoms with Gasteiger partial charge < -0.3 is 4.42 Å². The van der Waals surface area contributed by atoms with Gasteiger partial charge in [0.05, 0.1) is 10.6 Å². The van der Waals surface area contributed by atoms with E-state index in [4.69, 9.17) is 4.42 Å². The first kappa shape index (κ1) is 14.8. The Bertz CT molecular complexity index is 1050. The Kier molecular flexibility index (Phi) is 3.17. The molecule has 0 atom stereocenters. The number of carbonyl (C=O) groups is 1. The lowest BCUT2D eigenvalue weighted by Crippen LogP contribution is -2.30. The molecule has 4 rings (SSSR count). The Hall–Kier alpha value is -2.75. The number of hydrogen-bond acceptors (Lipinski definition) is 7. The van der Waals surface area contributed by atoms with E-state index < -0.39 is 15.9 Å². The molecule has 1 saturated carbocycles. The van der Waals surface area contributed by atoms with Crippen LogP contribution in [0.1, 0.15) is 40.9 Å². The Balaban J connectivity index is 1.61. The molecule has 0 saturated heterocycles. The molecule has 0 aliphatic heterocycles. The fourth-order valence-corrected chi connectivity index (χ4v) is 3.32. The lowest BCUT2D eigenvalue weighted by atomic mass is 10.3. The van der Waals surface area contributed by atoms with Crippen molar-refractivity contribution in [2.24, 2.45) is 0 Å². The van der Waals surface area contributed by atoms with Gasteiger partial charge in [-0.25, -0.2) is 18.1 Å². The van der Waals surface area contributed by atoms with Crippen LogP contribution in [0.3, 0.4) is 0 Å². The van der Waals surface area contributed by atoms with Crippen molar-refractivity contribution in [3.05, 3.63) is 35.5 Å². The molecule has 1 aliphatic carbocycles. The van der Waals surface area contributed by atoms with E-state index in [1.807, 2.05) is 4.72 Å². The van der Waals surface area contributed by atoms with Crippen LogP contribution in [0, 0.1) is 6.92 Å². The van der Waals surface area contributed by atoms with Crippen LogP contribution in [0.15, 0.2) is 27.5 Å². The van der Waals surface area contributed by atoms with Gasteiger partial charge in [0, 0.05) is 5.92 Å². The summed E-state index contributed by atoms with van der Waals surface area (Å²) < 4.78 is 32.2. The number of aromatic nitrogens is 4. The second-order valence-corrected chi connectivity index (χ2v) is 7.33. The fourth-order valence-electron chi connectivity index (χ4n) is 2.35. The molecule has 10 heteroatoms. The molecule has 3 aromatic rings. The van der Waals surface area contributed by atoms with Crippen molar-refractivity contribution in [3.8, 4) is 0 Å². The number of fused-ring (bicyclic) bond motifs is 1. The van der Waals surface area contributed by atoms with Gasteiger partial charge in [-0.3, -0.25) is 4.79 Å². The van der Waals surface area contributed by atoms with Crippen LogP contribution in [0.2, 0.25) is 0 Å². The molecule has 1 aromatic carbocycles. The summed E-state index contributed by atoms with van der Waals surface area (Å²) in [4.78, 5) is 16.4. The zero-order valence-corrected chi connectivity index (χ0v) is 13.4. The number of aromatic amines is 1. The summed E-state index contributed by atoms with van der Waals surface area (Å²) in [5.74, 6) is -0.203. The Labute approximate surface area is 136 Å². The van der Waals surface area contributed by atoms with Crippen molar-refractivity contribution >= 4 is 27.0 Å². The third kappa shape index (κ3) is 2.54. The fraction of sp³-hybridized carbons (Fsp3) is 0.286. The van der Waals surface area contributed by atoms with Crippen molar-refractivity contribution in [3.63, 3.8) is 0 Å². The van der Waals surface area contributed by atoms with E-state index in [0.717, 1.165) is 12.8 Å². The van der Waals surface area contributed by atoms with Gasteiger partial charge in [-0.15, -0.1) is 0 Å². The summed E-state index contributed by atoms with van der Waals surface area (Å²) in [5.41, 5.74) is 1.29. The molecule has 2 heterocycles. The van der Waals surface area contributed by atoms with Crippen molar-refractivity contribution in [1.82, 2.24) is 25.1 Å². The van der Waals surface area contributed by atoms with E-state index in [1.165, 1.54) is 18.2 Å². The predicted molar refractivity (Wildman–Crippen MR) is 81.8 cm³/mol. The van der Waals surface area contributed by atoms with Gasteiger partial charge in [-0.05, 0) is 38.0 Å². The molecule has 2 aromatic heterocycles. The number of nitrogens with one attached hydrogen (secondary N) is 2. The van der Waals surface area contributed by atoms with E-state index in [1.54, 1.807) is 6.92 Å². The molecule has 2 N–H and O–H groups in total. The quantitative estimate of drug-likeness (QED) is 0.726. The third-order valence-electron chi connectivity index (χ3n) is 3.77. The number of nitrogens with zero attached hydrogens (tertiary/aromatic N) is 3. The summed E-state index contributed by atoms with van der Waals surface area (Å²) in [7, 11) is -4.06. The lowest BCUT2D eigenvalue weighted by molar-refractivity contribution is 0.0952. The number of oxazole rings is 1. The van der Waals surface area contributed by atoms with Crippen LogP contribution < -0.4 is 4.72 Å². The van der Waals surface area contributed by atoms with Crippen LogP contribution in [0.5, 0.6) is 0 Å². The number of benzene rings is 1. The van der Waals surface area contributed by atoms with Gasteiger partial charge in [-0.1, -0.05) is 0 Å². The average molecular weight is 347 g/mol. The lowest BCUT2D eigenvalue weighted by Gasteiger charge is -2.05. The smallest absolute Gasteiger partial charge is 0.302 e. The molecular weight excluding hydrogens is 334 g/mol. The normalized spacial score (nSPS) is 14.9. The van der Waals surface area contributed by atoms with Crippen LogP contribution in [-0.4, -0.2) is 34.7 Å². The van der Waals surface area contributed by atoms with Crippen molar-refractivity contribution in [2.45, 2.75) is 30.6 Å². The molecule has 1 amide bonds. The first-order chi connectivity index (χ1) is 11.4. The van der Waals surface area contributed by atoms with Crippen molar-refractivity contribution in [1.29, 1.82) is 0 Å². The van der Waals surface area contributed by atoms with Crippen molar-refractivity contribution < 1.29 is 17.6 Å². The average Bonchev–Trinajstić information content (AvgIpc) is 3.14. The van der Waals surface area contributed by atoms with Gasteiger partial charge in [0.15, 0.2) is 5.89 Å². The van der Waals surface area contributed by atoms with Crippen LogP contribution >= 0.6 is 0 Å². The number of carbonyl (C=O) groups excluding carboxylic acids is 1. The summed E-state index contributed by atoms with van der Waals surface area (Å²) in [6.07, 6.45) is 1.94. The molecule has 1 fully saturated rings. The zero-order valence-electron chi connectivity index (χ0n) is 12.6. The van der Waals surface area contributed by atoms with Crippen LogP contribution in [0.25, 0.3) is 11.0 Å². The molecule has 124 valence electrons. The van der Waals surface area contributed by atoms with Gasteiger partial charge in [0.1, 0.15) is 11.0 Å². The maximum Gasteiger partial charge on any atom is 0.302 e. The number of sulfonamides is 1. The number of H-pyrrole nitrogens is 1. The Morgan fingerprint density at radius 3 is 2.79 bits per heavy atom. The maximum absolute atomic E-state index is 12.4. The minimum atomic E-state index is -4.06. The number of hydrogen-bond donors (Lipinski definition) is 2. The molecular formula is C14H13N5O4S. The zero-order chi connectivity index (χ0) is 16.9. The van der Waals surface area contributed by atoms with Crippen LogP contribution in [-0.2, 0) is 10.0 Å². The highest BCUT2D eigenvalue weighted by molar-refractivity contribution is 7.90. The Morgan fingerprint density at radius 1 is 1.29 bits per heavy atom. The van der Waals surface area contributed by atoms with E-state index in [0.29, 0.717) is 22.6 Å². The number of amides is 1. The molecule has 24 heavy (non-hydrogen) atoms. The van der Waals surface area contributed by atoms with E-state index in [-0.39, 0.29) is 16.6 Å². The highest BCUT2D eigenvalue weighted by Gasteiger charge is 2.32. The summed E-state index contributed by atoms with van der Waals surface area (Å²) in [5, 5.41) is 10.1. The topological polar surface area (TPSA) is 131 Å². The van der Waals surface area contributed by atoms with Crippen molar-refractivity contribution in [2.75, 3.05) is 0 Å². The molecule has 1 aliphatic rings. The molecule has 0 unspecified atom stereocenters. The van der Waals surface area contributed by atoms with Gasteiger partial charge in [-0.2, -0.15) is 15.4 Å². The summed E-state index contributed by atoms with van der Waals surface area (Å²) in [6, 6.07) is 4.18. The van der Waals surface area contributed by atoms with E-state index in [9.17, 15) is 13.2 Å². The molecule has 9 nitrogen and oxygen atoms in total. The minimum absolute atomic E-state index is 0.0806. The van der Waals surface area contributed by atoms with E-state index >= 15 is 0 Å². The third-order valence-corrected chi connectivity index (χ3v) is 5.10. The summed E-state index contributed by atoms with van der Waals surface area (Å²) >= 11 is 0. The van der Waals surface area contributed by atoms with Gasteiger partial charge in [0.25, 0.3) is 10.0 Å². The second kappa shape index (κ2) is 5.13. The standard InChI is InChI=1S/C14H13N5O4S/c1-7-12(23-14(15-7)8-2-3-8)13(20)18-24(21,22)9-4-5-10-11(6-9)17-19-16-10/h4-6,8H,2-3H2,1H3,(H,18,20)(H,16,17,19). The molecule has 0 radical (unpaired) electrons.